The Kier molecular flexibility index (Phi) is 5.33. The highest BCUT2D eigenvalue weighted by atomic mass is 32.1. The van der Waals surface area contributed by atoms with Gasteiger partial charge >= 0.3 is 0 Å². The summed E-state index contributed by atoms with van der Waals surface area (Å²) in [5, 5.41) is 10.5. The second kappa shape index (κ2) is 7.85. The number of hydrogen-bond acceptors (Lipinski definition) is 6. The standard InChI is InChI=1S/C18H22N4O2S2/c23-16(22-5-3-12-9-19-10-13(12)4-6-22)8-14-11-26-18(20-14)21-17(24)15-2-1-7-25-15/h1-2,7,11-13,19H,3-6,8-10H2,(H,20,21,24)/t12-,13+. The van der Waals surface area contributed by atoms with Crippen LogP contribution in [0.25, 0.3) is 0 Å². The van der Waals surface area contributed by atoms with Gasteiger partial charge in [-0.1, -0.05) is 6.07 Å². The molecule has 2 aliphatic heterocycles. The minimum absolute atomic E-state index is 0.138. The number of rotatable bonds is 4. The van der Waals surface area contributed by atoms with E-state index in [-0.39, 0.29) is 11.8 Å². The number of nitrogens with one attached hydrogen (secondary N) is 2. The van der Waals surface area contributed by atoms with Gasteiger partial charge in [0.05, 0.1) is 17.0 Å². The topological polar surface area (TPSA) is 74.3 Å². The van der Waals surface area contributed by atoms with Crippen LogP contribution >= 0.6 is 22.7 Å². The molecule has 2 amide bonds. The van der Waals surface area contributed by atoms with Gasteiger partial charge in [-0.05, 0) is 49.2 Å². The number of fused-ring (bicyclic) bond motifs is 1. The molecule has 0 radical (unpaired) electrons. The van der Waals surface area contributed by atoms with Crippen molar-refractivity contribution in [2.75, 3.05) is 31.5 Å². The summed E-state index contributed by atoms with van der Waals surface area (Å²) < 4.78 is 0. The fraction of sp³-hybridized carbons (Fsp3) is 0.500. The molecule has 4 rings (SSSR count). The van der Waals surface area contributed by atoms with E-state index in [2.05, 4.69) is 15.6 Å². The molecule has 0 saturated carbocycles. The normalized spacial score (nSPS) is 22.7. The SMILES string of the molecule is O=C(Nc1nc(CC(=O)N2CC[C@@H]3CNC[C@@H]3CC2)cs1)c1cccs1. The van der Waals surface area contributed by atoms with E-state index in [9.17, 15) is 9.59 Å². The summed E-state index contributed by atoms with van der Waals surface area (Å²) in [6, 6.07) is 3.62. The second-order valence-electron chi connectivity index (χ2n) is 6.89. The zero-order valence-electron chi connectivity index (χ0n) is 14.4. The van der Waals surface area contributed by atoms with Crippen LogP contribution in [0.15, 0.2) is 22.9 Å². The van der Waals surface area contributed by atoms with E-state index in [4.69, 9.17) is 0 Å². The number of thiazole rings is 1. The molecule has 26 heavy (non-hydrogen) atoms. The molecule has 0 aromatic carbocycles. The van der Waals surface area contributed by atoms with E-state index in [1.807, 2.05) is 21.7 Å². The highest BCUT2D eigenvalue weighted by Gasteiger charge is 2.31. The van der Waals surface area contributed by atoms with Crippen molar-refractivity contribution >= 4 is 39.6 Å². The van der Waals surface area contributed by atoms with Gasteiger partial charge in [-0.3, -0.25) is 14.9 Å². The quantitative estimate of drug-likeness (QED) is 0.841. The van der Waals surface area contributed by atoms with Crippen molar-refractivity contribution in [2.24, 2.45) is 11.8 Å². The zero-order valence-corrected chi connectivity index (χ0v) is 16.1. The van der Waals surface area contributed by atoms with Crippen molar-refractivity contribution in [3.05, 3.63) is 33.5 Å². The van der Waals surface area contributed by atoms with Crippen LogP contribution in [-0.4, -0.2) is 47.9 Å². The molecule has 0 unspecified atom stereocenters. The van der Waals surface area contributed by atoms with E-state index in [0.29, 0.717) is 28.3 Å². The van der Waals surface area contributed by atoms with E-state index in [1.165, 1.54) is 22.7 Å². The van der Waals surface area contributed by atoms with Crippen molar-refractivity contribution in [3.63, 3.8) is 0 Å². The molecule has 138 valence electrons. The van der Waals surface area contributed by atoms with Crippen molar-refractivity contribution in [3.8, 4) is 0 Å². The number of thiophene rings is 1. The van der Waals surface area contributed by atoms with Crippen LogP contribution < -0.4 is 10.6 Å². The van der Waals surface area contributed by atoms with Gasteiger partial charge in [0, 0.05) is 18.5 Å². The van der Waals surface area contributed by atoms with E-state index >= 15 is 0 Å². The molecule has 4 heterocycles. The predicted octanol–water partition coefficient (Wildman–Crippen LogP) is 2.46. The summed E-state index contributed by atoms with van der Waals surface area (Å²) in [4.78, 5) is 31.8. The third-order valence-electron chi connectivity index (χ3n) is 5.22. The predicted molar refractivity (Wildman–Crippen MR) is 104 cm³/mol. The molecule has 2 aliphatic rings. The van der Waals surface area contributed by atoms with Crippen molar-refractivity contribution < 1.29 is 9.59 Å². The summed E-state index contributed by atoms with van der Waals surface area (Å²) >= 11 is 2.76. The van der Waals surface area contributed by atoms with Gasteiger partial charge in [0.1, 0.15) is 0 Å². The summed E-state index contributed by atoms with van der Waals surface area (Å²) in [6.07, 6.45) is 2.48. The third-order valence-corrected chi connectivity index (χ3v) is 6.90. The number of nitrogens with zero attached hydrogens (tertiary/aromatic N) is 2. The lowest BCUT2D eigenvalue weighted by Crippen LogP contribution is -2.34. The molecule has 2 aromatic heterocycles. The van der Waals surface area contributed by atoms with Gasteiger partial charge in [-0.15, -0.1) is 22.7 Å². The van der Waals surface area contributed by atoms with Crippen LogP contribution in [0.4, 0.5) is 5.13 Å². The van der Waals surface area contributed by atoms with Crippen molar-refractivity contribution in [1.29, 1.82) is 0 Å². The minimum atomic E-state index is -0.153. The van der Waals surface area contributed by atoms with Crippen LogP contribution in [0.3, 0.4) is 0 Å². The summed E-state index contributed by atoms with van der Waals surface area (Å²) in [6.45, 7) is 3.86. The van der Waals surface area contributed by atoms with Crippen LogP contribution in [0.1, 0.15) is 28.2 Å². The first-order chi connectivity index (χ1) is 12.7. The van der Waals surface area contributed by atoms with E-state index in [0.717, 1.165) is 44.7 Å². The molecule has 0 spiro atoms. The number of likely N-dealkylation sites (tertiary alicyclic amines) is 1. The highest BCUT2D eigenvalue weighted by Crippen LogP contribution is 2.27. The first-order valence-corrected chi connectivity index (χ1v) is 10.7. The monoisotopic (exact) mass is 390 g/mol. The molecule has 2 fully saturated rings. The van der Waals surface area contributed by atoms with Crippen LogP contribution in [0, 0.1) is 11.8 Å². The summed E-state index contributed by atoms with van der Waals surface area (Å²) in [5.41, 5.74) is 0.729. The van der Waals surface area contributed by atoms with Crippen molar-refractivity contribution in [2.45, 2.75) is 19.3 Å². The first-order valence-electron chi connectivity index (χ1n) is 8.97. The Morgan fingerprint density at radius 2 is 2.00 bits per heavy atom. The Labute approximate surface area is 160 Å². The van der Waals surface area contributed by atoms with Gasteiger partial charge in [-0.25, -0.2) is 4.98 Å². The lowest BCUT2D eigenvalue weighted by molar-refractivity contribution is -0.130. The van der Waals surface area contributed by atoms with Gasteiger partial charge < -0.3 is 10.2 Å². The zero-order chi connectivity index (χ0) is 17.9. The number of carbonyl (C=O) groups is 2. The maximum atomic E-state index is 12.6. The molecule has 0 aliphatic carbocycles. The van der Waals surface area contributed by atoms with Gasteiger partial charge in [0.25, 0.3) is 5.91 Å². The molecule has 2 aromatic rings. The van der Waals surface area contributed by atoms with Gasteiger partial charge in [0.15, 0.2) is 5.13 Å². The fourth-order valence-corrected chi connectivity index (χ4v) is 5.07. The van der Waals surface area contributed by atoms with Crippen LogP contribution in [-0.2, 0) is 11.2 Å². The maximum Gasteiger partial charge on any atom is 0.267 e. The Morgan fingerprint density at radius 1 is 1.23 bits per heavy atom. The molecule has 8 heteroatoms. The summed E-state index contributed by atoms with van der Waals surface area (Å²) in [7, 11) is 0. The Bertz CT molecular complexity index is 760. The van der Waals surface area contributed by atoms with Gasteiger partial charge in [0.2, 0.25) is 5.91 Å². The highest BCUT2D eigenvalue weighted by molar-refractivity contribution is 7.14. The molecular formula is C18H22N4O2S2. The number of aromatic nitrogens is 1. The largest absolute Gasteiger partial charge is 0.342 e. The molecule has 6 nitrogen and oxygen atoms in total. The Hall–Kier alpha value is -1.77. The second-order valence-corrected chi connectivity index (χ2v) is 8.69. The molecule has 0 bridgehead atoms. The lowest BCUT2D eigenvalue weighted by Gasteiger charge is -2.20. The number of anilines is 1. The van der Waals surface area contributed by atoms with Crippen LogP contribution in [0.5, 0.6) is 0 Å². The molecular weight excluding hydrogens is 368 g/mol. The number of carbonyl (C=O) groups excluding carboxylic acids is 2. The summed E-state index contributed by atoms with van der Waals surface area (Å²) in [5.74, 6) is 1.41. The van der Waals surface area contributed by atoms with E-state index < -0.39 is 0 Å². The van der Waals surface area contributed by atoms with Crippen LogP contribution in [0.2, 0.25) is 0 Å². The van der Waals surface area contributed by atoms with Gasteiger partial charge in [-0.2, -0.15) is 0 Å². The van der Waals surface area contributed by atoms with E-state index in [1.54, 1.807) is 6.07 Å². The Balaban J connectivity index is 1.32. The Morgan fingerprint density at radius 3 is 2.69 bits per heavy atom. The minimum Gasteiger partial charge on any atom is -0.342 e. The molecule has 2 atom stereocenters. The maximum absolute atomic E-state index is 12.6. The average molecular weight is 391 g/mol. The molecule has 2 N–H and O–H groups in total. The fourth-order valence-electron chi connectivity index (χ4n) is 3.75. The smallest absolute Gasteiger partial charge is 0.267 e. The first kappa shape index (κ1) is 17.6. The lowest BCUT2D eigenvalue weighted by atomic mass is 9.92. The third kappa shape index (κ3) is 3.97. The molecule has 2 saturated heterocycles. The van der Waals surface area contributed by atoms with Crippen molar-refractivity contribution in [1.82, 2.24) is 15.2 Å². The average Bonchev–Trinajstić information content (AvgIpc) is 3.36. The number of amides is 2. The number of hydrogen-bond donors (Lipinski definition) is 2.